The van der Waals surface area contributed by atoms with Crippen LogP contribution in [0.1, 0.15) is 30.0 Å². The Hall–Kier alpha value is -3.33. The van der Waals surface area contributed by atoms with Crippen molar-refractivity contribution in [3.63, 3.8) is 0 Å². The molecule has 170 valence electrons. The Kier molecular flexibility index (Phi) is 7.19. The Labute approximate surface area is 188 Å². The summed E-state index contributed by atoms with van der Waals surface area (Å²) in [5, 5.41) is 2.78. The van der Waals surface area contributed by atoms with Gasteiger partial charge in [0.15, 0.2) is 11.5 Å². The number of nitrogens with one attached hydrogen (secondary N) is 2. The number of nitrogens with zero attached hydrogens (tertiary/aromatic N) is 1. The first-order valence-corrected chi connectivity index (χ1v) is 11.6. The molecule has 1 aliphatic heterocycles. The maximum absolute atomic E-state index is 12.7. The molecule has 1 amide bonds. The van der Waals surface area contributed by atoms with Gasteiger partial charge in [0.25, 0.3) is 10.0 Å². The fraction of sp³-hybridized carbons (Fsp3) is 0.304. The van der Waals surface area contributed by atoms with E-state index in [4.69, 9.17) is 9.47 Å². The molecule has 0 radical (unpaired) electrons. The lowest BCUT2D eigenvalue weighted by atomic mass is 10.1. The fourth-order valence-electron chi connectivity index (χ4n) is 3.40. The quantitative estimate of drug-likeness (QED) is 0.634. The van der Waals surface area contributed by atoms with Crippen LogP contribution in [0.15, 0.2) is 53.0 Å². The van der Waals surface area contributed by atoms with Crippen LogP contribution in [-0.2, 0) is 21.4 Å². The number of ether oxygens (including phenoxy) is 2. The molecule has 2 N–H and O–H groups in total. The van der Waals surface area contributed by atoms with Gasteiger partial charge in [-0.05, 0) is 36.6 Å². The highest BCUT2D eigenvalue weighted by molar-refractivity contribution is 8.00. The Morgan fingerprint density at radius 3 is 2.38 bits per heavy atom. The van der Waals surface area contributed by atoms with E-state index in [0.717, 1.165) is 11.1 Å². The van der Waals surface area contributed by atoms with Crippen LogP contribution in [0, 0.1) is 6.92 Å². The van der Waals surface area contributed by atoms with Crippen LogP contribution < -0.4 is 19.5 Å². The normalized spacial score (nSPS) is 16.1. The number of hydrogen-bond donors (Lipinski definition) is 2. The van der Waals surface area contributed by atoms with Crippen LogP contribution >= 0.6 is 0 Å². The first-order chi connectivity index (χ1) is 15.3. The standard InChI is InChI=1S/C23H27N3O5S/c1-5-18-22(17-9-6-15(2)7-10-17)32(28,29)26-23(18)25-14-21(27)24-13-16-8-11-19(30-3)20(12-16)31-4/h6-12H,5,13-14H2,1-4H3,(H,24,27)(H,25,26). The van der Waals surface area contributed by atoms with Gasteiger partial charge in [0.05, 0.1) is 14.2 Å². The molecule has 3 rings (SSSR count). The lowest BCUT2D eigenvalue weighted by Crippen LogP contribution is -2.28. The predicted molar refractivity (Wildman–Crippen MR) is 124 cm³/mol. The zero-order chi connectivity index (χ0) is 23.3. The van der Waals surface area contributed by atoms with Crippen LogP contribution in [0.2, 0.25) is 0 Å². The third kappa shape index (κ3) is 5.11. The maximum atomic E-state index is 12.7. The first kappa shape index (κ1) is 23.3. The van der Waals surface area contributed by atoms with E-state index < -0.39 is 10.0 Å². The lowest BCUT2D eigenvalue weighted by molar-refractivity contribution is -0.119. The van der Waals surface area contributed by atoms with Crippen molar-refractivity contribution in [1.82, 2.24) is 10.0 Å². The second-order valence-electron chi connectivity index (χ2n) is 7.26. The number of aryl methyl sites for hydroxylation is 1. The van der Waals surface area contributed by atoms with Crippen molar-refractivity contribution in [1.29, 1.82) is 0 Å². The molecule has 0 aliphatic carbocycles. The van der Waals surface area contributed by atoms with E-state index in [2.05, 4.69) is 15.0 Å². The summed E-state index contributed by atoms with van der Waals surface area (Å²) >= 11 is 0. The van der Waals surface area contributed by atoms with Crippen molar-refractivity contribution in [3.05, 3.63) is 64.7 Å². The summed E-state index contributed by atoms with van der Waals surface area (Å²) in [5.74, 6) is 1.06. The van der Waals surface area contributed by atoms with Gasteiger partial charge in [-0.15, -0.1) is 0 Å². The minimum atomic E-state index is -3.74. The molecular formula is C23H27N3O5S. The van der Waals surface area contributed by atoms with Crippen molar-refractivity contribution in [3.8, 4) is 11.5 Å². The molecule has 0 bridgehead atoms. The van der Waals surface area contributed by atoms with Crippen molar-refractivity contribution in [2.45, 2.75) is 26.8 Å². The molecule has 0 fully saturated rings. The average Bonchev–Trinajstić information content (AvgIpc) is 3.05. The zero-order valence-corrected chi connectivity index (χ0v) is 19.4. The molecule has 0 atom stereocenters. The van der Waals surface area contributed by atoms with Crippen molar-refractivity contribution >= 4 is 26.7 Å². The van der Waals surface area contributed by atoms with Gasteiger partial charge in [0.1, 0.15) is 17.3 Å². The second kappa shape index (κ2) is 9.86. The minimum Gasteiger partial charge on any atom is -0.493 e. The fourth-order valence-corrected chi connectivity index (χ4v) is 4.95. The van der Waals surface area contributed by atoms with Crippen molar-refractivity contribution in [2.75, 3.05) is 20.8 Å². The molecule has 0 saturated heterocycles. The monoisotopic (exact) mass is 457 g/mol. The van der Waals surface area contributed by atoms with Crippen LogP contribution in [0.5, 0.6) is 11.5 Å². The molecule has 1 heterocycles. The number of benzene rings is 2. The van der Waals surface area contributed by atoms with Crippen molar-refractivity contribution in [2.24, 2.45) is 4.99 Å². The summed E-state index contributed by atoms with van der Waals surface area (Å²) in [6.07, 6.45) is 0.460. The largest absolute Gasteiger partial charge is 0.493 e. The highest BCUT2D eigenvalue weighted by atomic mass is 32.2. The molecule has 0 unspecified atom stereocenters. The van der Waals surface area contributed by atoms with Crippen LogP contribution in [0.3, 0.4) is 0 Å². The number of sulfonamides is 1. The topological polar surface area (TPSA) is 106 Å². The summed E-state index contributed by atoms with van der Waals surface area (Å²) in [7, 11) is -0.641. The van der Waals surface area contributed by atoms with Crippen molar-refractivity contribution < 1.29 is 22.7 Å². The van der Waals surface area contributed by atoms with E-state index in [9.17, 15) is 13.2 Å². The Morgan fingerprint density at radius 1 is 1.06 bits per heavy atom. The number of aliphatic imine (C=N–C) groups is 1. The number of carbonyl (C=O) groups is 1. The first-order valence-electron chi connectivity index (χ1n) is 10.1. The molecule has 32 heavy (non-hydrogen) atoms. The number of amidine groups is 1. The van der Waals surface area contributed by atoms with E-state index in [1.807, 2.05) is 32.0 Å². The number of methoxy groups -OCH3 is 2. The Morgan fingerprint density at radius 2 is 1.75 bits per heavy atom. The second-order valence-corrected chi connectivity index (χ2v) is 8.88. The van der Waals surface area contributed by atoms with Gasteiger partial charge in [0, 0.05) is 12.1 Å². The predicted octanol–water partition coefficient (Wildman–Crippen LogP) is 2.78. The highest BCUT2D eigenvalue weighted by Gasteiger charge is 2.34. The maximum Gasteiger partial charge on any atom is 0.264 e. The van der Waals surface area contributed by atoms with Gasteiger partial charge in [-0.3, -0.25) is 14.5 Å². The minimum absolute atomic E-state index is 0.199. The average molecular weight is 458 g/mol. The number of carbonyl (C=O) groups excluding carboxylic acids is 1. The van der Waals surface area contributed by atoms with Gasteiger partial charge in [0.2, 0.25) is 5.91 Å². The lowest BCUT2D eigenvalue weighted by Gasteiger charge is -2.10. The van der Waals surface area contributed by atoms with E-state index in [1.165, 1.54) is 0 Å². The van der Waals surface area contributed by atoms with Crippen LogP contribution in [0.25, 0.3) is 4.91 Å². The summed E-state index contributed by atoms with van der Waals surface area (Å²) in [5.41, 5.74) is 3.04. The summed E-state index contributed by atoms with van der Waals surface area (Å²) in [6, 6.07) is 12.6. The summed E-state index contributed by atoms with van der Waals surface area (Å²) in [6.45, 7) is 3.88. The third-order valence-corrected chi connectivity index (χ3v) is 6.53. The van der Waals surface area contributed by atoms with Gasteiger partial charge >= 0.3 is 0 Å². The smallest absolute Gasteiger partial charge is 0.264 e. The number of rotatable bonds is 8. The molecule has 8 nitrogen and oxygen atoms in total. The van der Waals surface area contributed by atoms with Gasteiger partial charge in [-0.2, -0.15) is 0 Å². The van der Waals surface area contributed by atoms with E-state index >= 15 is 0 Å². The third-order valence-electron chi connectivity index (χ3n) is 5.05. The number of amides is 1. The number of hydrogen-bond acceptors (Lipinski definition) is 6. The van der Waals surface area contributed by atoms with Gasteiger partial charge < -0.3 is 14.8 Å². The van der Waals surface area contributed by atoms with E-state index in [1.54, 1.807) is 38.5 Å². The highest BCUT2D eigenvalue weighted by Crippen LogP contribution is 2.32. The summed E-state index contributed by atoms with van der Waals surface area (Å²) in [4.78, 5) is 16.8. The Balaban J connectivity index is 1.73. The SMILES string of the molecule is CCC1=C(c2ccc(C)cc2)S(=O)(=O)NC1=NCC(=O)NCc1ccc(OC)c(OC)c1. The van der Waals surface area contributed by atoms with Gasteiger partial charge in [-0.1, -0.05) is 42.8 Å². The molecule has 2 aromatic rings. The molecule has 0 spiro atoms. The molecule has 0 aromatic heterocycles. The summed E-state index contributed by atoms with van der Waals surface area (Å²) < 4.78 is 38.4. The molecule has 2 aromatic carbocycles. The Bertz CT molecular complexity index is 1170. The van der Waals surface area contributed by atoms with Gasteiger partial charge in [-0.25, -0.2) is 8.42 Å². The van der Waals surface area contributed by atoms with Crippen LogP contribution in [0.4, 0.5) is 0 Å². The molecule has 0 saturated carbocycles. The zero-order valence-electron chi connectivity index (χ0n) is 18.6. The molecular weight excluding hydrogens is 430 g/mol. The van der Waals surface area contributed by atoms with E-state index in [0.29, 0.717) is 29.1 Å². The molecule has 1 aliphatic rings. The molecule has 9 heteroatoms. The van der Waals surface area contributed by atoms with E-state index in [-0.39, 0.29) is 29.7 Å². The van der Waals surface area contributed by atoms with Crippen LogP contribution in [-0.4, -0.2) is 40.9 Å².